The molecule has 0 radical (unpaired) electrons. The quantitative estimate of drug-likeness (QED) is 0.135. The zero-order chi connectivity index (χ0) is 34.7. The summed E-state index contributed by atoms with van der Waals surface area (Å²) in [5, 5.41) is 28.3. The summed E-state index contributed by atoms with van der Waals surface area (Å²) in [7, 11) is 4.12. The summed E-state index contributed by atoms with van der Waals surface area (Å²) in [6, 6.07) is 13.4. The molecule has 3 saturated heterocycles. The van der Waals surface area contributed by atoms with E-state index in [0.717, 1.165) is 36.7 Å². The summed E-state index contributed by atoms with van der Waals surface area (Å²) in [5.41, 5.74) is 0.973. The van der Waals surface area contributed by atoms with Gasteiger partial charge in [0.05, 0.1) is 10.9 Å². The maximum absolute atomic E-state index is 16.8. The number of phenolic OH excluding ortho intramolecular Hbond substituents is 1. The number of likely N-dealkylation sites (N-methyl/N-ethyl adjacent to an activating group) is 1. The lowest BCUT2D eigenvalue weighted by Gasteiger charge is -2.44. The van der Waals surface area contributed by atoms with Crippen LogP contribution in [0.4, 0.5) is 29.3 Å². The standard InChI is InChI=1S/C31H33ClFN7O.C2HF3O2/c1-17(34)40-19-8-9-20(40)14-38(13-19)30-25-12-26(32)27(24-11-22(41)10-18-6-4-5-7-23(18)24)28(33)29(25)35-31(36-30)39-15-21(16-39)37(2)3;3-2(4,5)1(6)7/h4-7,10-12,19-21,34,41H,8-9,13-16H2,1-3H3;(H,6,7)/t19-,20+;. The van der Waals surface area contributed by atoms with Gasteiger partial charge in [-0.25, -0.2) is 14.2 Å². The van der Waals surface area contributed by atoms with Crippen LogP contribution in [-0.4, -0.2) is 106 Å². The number of hydrogen-bond donors (Lipinski definition) is 3. The third-order valence-corrected chi connectivity index (χ3v) is 9.55. The number of aliphatic carboxylic acids is 1. The van der Waals surface area contributed by atoms with Crippen molar-refractivity contribution in [2.45, 2.75) is 44.1 Å². The van der Waals surface area contributed by atoms with Crippen LogP contribution in [0.1, 0.15) is 19.8 Å². The molecule has 0 spiro atoms. The molecule has 2 atom stereocenters. The van der Waals surface area contributed by atoms with Gasteiger partial charge in [0.1, 0.15) is 17.1 Å². The van der Waals surface area contributed by atoms with Crippen LogP contribution in [0.3, 0.4) is 0 Å². The number of nitrogens with one attached hydrogen (secondary N) is 1. The summed E-state index contributed by atoms with van der Waals surface area (Å²) in [6.45, 7) is 4.80. The minimum absolute atomic E-state index is 0.0449. The number of carboxylic acid groups (broad SMARTS) is 1. The number of hydrogen-bond acceptors (Lipinski definition) is 8. The highest BCUT2D eigenvalue weighted by atomic mass is 35.5. The van der Waals surface area contributed by atoms with Crippen LogP contribution in [0.25, 0.3) is 32.8 Å². The first-order chi connectivity index (χ1) is 22.6. The fourth-order valence-corrected chi connectivity index (χ4v) is 7.16. The molecule has 48 heavy (non-hydrogen) atoms. The Labute approximate surface area is 278 Å². The third-order valence-electron chi connectivity index (χ3n) is 9.25. The number of aromatic hydroxyl groups is 1. The highest BCUT2D eigenvalue weighted by molar-refractivity contribution is 6.35. The van der Waals surface area contributed by atoms with Crippen LogP contribution in [0.15, 0.2) is 42.5 Å². The van der Waals surface area contributed by atoms with Gasteiger partial charge in [-0.3, -0.25) is 5.41 Å². The molecule has 3 fully saturated rings. The van der Waals surface area contributed by atoms with E-state index in [0.29, 0.717) is 47.7 Å². The smallest absolute Gasteiger partial charge is 0.490 e. The number of benzene rings is 3. The number of fused-ring (bicyclic) bond motifs is 4. The van der Waals surface area contributed by atoms with Crippen molar-refractivity contribution in [3.63, 3.8) is 0 Å². The van der Waals surface area contributed by atoms with Gasteiger partial charge in [-0.15, -0.1) is 0 Å². The van der Waals surface area contributed by atoms with Crippen molar-refractivity contribution in [3.05, 3.63) is 53.3 Å². The average molecular weight is 688 g/mol. The molecular formula is C33H34ClF4N7O3. The molecule has 3 N–H and O–H groups in total. The number of halogens is 5. The van der Waals surface area contributed by atoms with E-state index in [-0.39, 0.29) is 33.9 Å². The van der Waals surface area contributed by atoms with Crippen molar-refractivity contribution in [2.75, 3.05) is 50.1 Å². The number of carboxylic acids is 1. The monoisotopic (exact) mass is 687 g/mol. The fraction of sp³-hybridized carbons (Fsp3) is 0.394. The zero-order valence-corrected chi connectivity index (χ0v) is 27.1. The number of piperazine rings is 1. The number of nitrogens with zero attached hydrogens (tertiary/aromatic N) is 6. The van der Waals surface area contributed by atoms with Crippen LogP contribution in [0.5, 0.6) is 5.75 Å². The second kappa shape index (κ2) is 12.5. The second-order valence-electron chi connectivity index (χ2n) is 12.6. The molecule has 4 heterocycles. The molecule has 15 heteroatoms. The summed E-state index contributed by atoms with van der Waals surface area (Å²) in [6.07, 6.45) is -3.04. The summed E-state index contributed by atoms with van der Waals surface area (Å²) < 4.78 is 48.5. The van der Waals surface area contributed by atoms with Gasteiger partial charge in [0.25, 0.3) is 0 Å². The molecule has 0 amide bonds. The Morgan fingerprint density at radius 2 is 1.62 bits per heavy atom. The van der Waals surface area contributed by atoms with Crippen LogP contribution < -0.4 is 9.80 Å². The maximum atomic E-state index is 16.8. The first-order valence-electron chi connectivity index (χ1n) is 15.4. The lowest BCUT2D eigenvalue weighted by Crippen LogP contribution is -2.58. The molecule has 3 aromatic carbocycles. The summed E-state index contributed by atoms with van der Waals surface area (Å²) in [4.78, 5) is 27.5. The molecule has 0 unspecified atom stereocenters. The maximum Gasteiger partial charge on any atom is 0.490 e. The Bertz CT molecular complexity index is 1900. The second-order valence-corrected chi connectivity index (χ2v) is 13.0. The van der Waals surface area contributed by atoms with Crippen molar-refractivity contribution in [3.8, 4) is 16.9 Å². The van der Waals surface area contributed by atoms with Crippen LogP contribution >= 0.6 is 11.6 Å². The number of phenols is 1. The number of aromatic nitrogens is 2. The Balaban J connectivity index is 0.000000519. The molecule has 1 aromatic heterocycles. The number of anilines is 2. The van der Waals surface area contributed by atoms with E-state index in [9.17, 15) is 18.3 Å². The zero-order valence-electron chi connectivity index (χ0n) is 26.4. The van der Waals surface area contributed by atoms with Crippen molar-refractivity contribution in [1.29, 1.82) is 5.41 Å². The molecule has 0 saturated carbocycles. The summed E-state index contributed by atoms with van der Waals surface area (Å²) in [5.74, 6) is -1.44. The van der Waals surface area contributed by atoms with Gasteiger partial charge < -0.3 is 29.8 Å². The topological polar surface area (TPSA) is 120 Å². The normalized spacial score (nSPS) is 19.5. The molecule has 3 aliphatic heterocycles. The molecule has 3 aliphatic rings. The van der Waals surface area contributed by atoms with E-state index < -0.39 is 18.0 Å². The van der Waals surface area contributed by atoms with Crippen LogP contribution in [0.2, 0.25) is 5.02 Å². The van der Waals surface area contributed by atoms with Gasteiger partial charge in [0, 0.05) is 55.3 Å². The predicted octanol–water partition coefficient (Wildman–Crippen LogP) is 5.98. The highest BCUT2D eigenvalue weighted by Crippen LogP contribution is 2.43. The van der Waals surface area contributed by atoms with E-state index in [1.807, 2.05) is 31.2 Å². The predicted molar refractivity (Wildman–Crippen MR) is 177 cm³/mol. The van der Waals surface area contributed by atoms with E-state index in [1.54, 1.807) is 18.2 Å². The Morgan fingerprint density at radius 3 is 2.21 bits per heavy atom. The first-order valence-corrected chi connectivity index (χ1v) is 15.7. The average Bonchev–Trinajstić information content (AvgIpc) is 3.26. The molecule has 2 bridgehead atoms. The van der Waals surface area contributed by atoms with Crippen molar-refractivity contribution in [2.24, 2.45) is 0 Å². The van der Waals surface area contributed by atoms with Crippen molar-refractivity contribution in [1.82, 2.24) is 19.8 Å². The Kier molecular flexibility index (Phi) is 8.75. The van der Waals surface area contributed by atoms with Crippen molar-refractivity contribution >= 4 is 56.8 Å². The highest BCUT2D eigenvalue weighted by Gasteiger charge is 2.42. The first kappa shape index (κ1) is 33.5. The van der Waals surface area contributed by atoms with E-state index in [4.69, 9.17) is 36.9 Å². The molecular weight excluding hydrogens is 654 g/mol. The Morgan fingerprint density at radius 1 is 1.00 bits per heavy atom. The van der Waals surface area contributed by atoms with Gasteiger partial charge >= 0.3 is 12.1 Å². The number of amidine groups is 1. The van der Waals surface area contributed by atoms with Gasteiger partial charge in [0.15, 0.2) is 5.82 Å². The SMILES string of the molecule is CC(=N)N1[C@@H]2CC[C@H]1CN(c1nc(N3CC(N(C)C)C3)nc3c(F)c(-c4cc(O)cc5ccccc45)c(Cl)cc13)C2.O=C(O)C(F)(F)F. The van der Waals surface area contributed by atoms with Crippen LogP contribution in [-0.2, 0) is 4.79 Å². The van der Waals surface area contributed by atoms with E-state index in [2.05, 4.69) is 33.7 Å². The number of carbonyl (C=O) groups is 1. The lowest BCUT2D eigenvalue weighted by atomic mass is 9.96. The fourth-order valence-electron chi connectivity index (χ4n) is 6.87. The molecule has 4 aromatic rings. The molecule has 0 aliphatic carbocycles. The van der Waals surface area contributed by atoms with Gasteiger partial charge in [-0.2, -0.15) is 18.2 Å². The van der Waals surface area contributed by atoms with Crippen LogP contribution in [0, 0.1) is 11.2 Å². The van der Waals surface area contributed by atoms with E-state index >= 15 is 4.39 Å². The van der Waals surface area contributed by atoms with Gasteiger partial charge in [-0.05, 0) is 68.4 Å². The van der Waals surface area contributed by atoms with Gasteiger partial charge in [-0.1, -0.05) is 35.9 Å². The lowest BCUT2D eigenvalue weighted by molar-refractivity contribution is -0.192. The minimum Gasteiger partial charge on any atom is -0.508 e. The number of alkyl halides is 3. The van der Waals surface area contributed by atoms with Gasteiger partial charge in [0.2, 0.25) is 5.95 Å². The number of rotatable bonds is 4. The largest absolute Gasteiger partial charge is 0.508 e. The van der Waals surface area contributed by atoms with Crippen molar-refractivity contribution < 1.29 is 32.6 Å². The molecule has 7 rings (SSSR count). The minimum atomic E-state index is -5.08. The molecule has 254 valence electrons. The van der Waals surface area contributed by atoms with E-state index in [1.165, 1.54) is 0 Å². The molecule has 10 nitrogen and oxygen atoms in total. The third kappa shape index (κ3) is 6.14. The summed E-state index contributed by atoms with van der Waals surface area (Å²) >= 11 is 6.89. The Hall–Kier alpha value is -4.43.